The van der Waals surface area contributed by atoms with Crippen LogP contribution in [0.4, 0.5) is 5.69 Å². The highest BCUT2D eigenvalue weighted by molar-refractivity contribution is 7.89. The predicted octanol–water partition coefficient (Wildman–Crippen LogP) is 1.16. The Morgan fingerprint density at radius 2 is 1.67 bits per heavy atom. The second kappa shape index (κ2) is 10.5. The second-order valence-corrected chi connectivity index (χ2v) is 9.76. The highest BCUT2D eigenvalue weighted by Crippen LogP contribution is 2.28. The molecule has 0 bridgehead atoms. The molecule has 2 amide bonds. The summed E-state index contributed by atoms with van der Waals surface area (Å²) in [5.41, 5.74) is 5.37. The van der Waals surface area contributed by atoms with Crippen molar-refractivity contribution in [3.8, 4) is 0 Å². The standard InChI is InChI=1S/C22H26N4O6S/c1-25(2)33(30,31)17-10-11-19(26-12-6-7-13-26)18(14-17)22(29)32-15-20(27)23-24-21(28)16-8-4-3-5-9-16/h3-5,8-11,14H,6-7,12-13,15H2,1-2H3,(H,23,27)(H,24,28). The van der Waals surface area contributed by atoms with Crippen LogP contribution in [0.1, 0.15) is 33.6 Å². The third-order valence-electron chi connectivity index (χ3n) is 5.10. The van der Waals surface area contributed by atoms with Crippen molar-refractivity contribution in [2.75, 3.05) is 38.7 Å². The minimum absolute atomic E-state index is 0.0537. The number of rotatable bonds is 7. The van der Waals surface area contributed by atoms with Crippen LogP contribution in [0.2, 0.25) is 0 Å². The van der Waals surface area contributed by atoms with Gasteiger partial charge in [0.1, 0.15) is 0 Å². The van der Waals surface area contributed by atoms with Crippen molar-refractivity contribution in [3.05, 3.63) is 59.7 Å². The van der Waals surface area contributed by atoms with Crippen LogP contribution >= 0.6 is 0 Å². The van der Waals surface area contributed by atoms with Crippen LogP contribution in [0.5, 0.6) is 0 Å². The molecule has 11 heteroatoms. The molecule has 1 saturated heterocycles. The Bertz CT molecular complexity index is 1130. The van der Waals surface area contributed by atoms with Gasteiger partial charge in [-0.25, -0.2) is 17.5 Å². The van der Waals surface area contributed by atoms with Crippen LogP contribution < -0.4 is 15.8 Å². The Kier molecular flexibility index (Phi) is 7.67. The van der Waals surface area contributed by atoms with Gasteiger partial charge in [0.05, 0.1) is 16.1 Å². The van der Waals surface area contributed by atoms with Gasteiger partial charge >= 0.3 is 5.97 Å². The van der Waals surface area contributed by atoms with Crippen LogP contribution in [0.25, 0.3) is 0 Å². The number of carbonyl (C=O) groups is 3. The summed E-state index contributed by atoms with van der Waals surface area (Å²) in [6, 6.07) is 12.6. The smallest absolute Gasteiger partial charge is 0.340 e. The number of hydrogen-bond donors (Lipinski definition) is 2. The molecule has 1 aliphatic rings. The maximum atomic E-state index is 12.8. The van der Waals surface area contributed by atoms with E-state index in [0.29, 0.717) is 11.3 Å². The summed E-state index contributed by atoms with van der Waals surface area (Å²) in [6.45, 7) is 0.802. The summed E-state index contributed by atoms with van der Waals surface area (Å²) in [5.74, 6) is -2.10. The van der Waals surface area contributed by atoms with Crippen molar-refractivity contribution in [2.45, 2.75) is 17.7 Å². The summed E-state index contributed by atoms with van der Waals surface area (Å²) >= 11 is 0. The predicted molar refractivity (Wildman–Crippen MR) is 121 cm³/mol. The van der Waals surface area contributed by atoms with E-state index < -0.39 is 34.4 Å². The van der Waals surface area contributed by atoms with E-state index in [-0.39, 0.29) is 10.5 Å². The van der Waals surface area contributed by atoms with Crippen LogP contribution in [-0.2, 0) is 19.6 Å². The van der Waals surface area contributed by atoms with E-state index in [2.05, 4.69) is 10.9 Å². The first-order chi connectivity index (χ1) is 15.7. The molecule has 0 saturated carbocycles. The van der Waals surface area contributed by atoms with Gasteiger partial charge in [-0.3, -0.25) is 20.4 Å². The third-order valence-corrected chi connectivity index (χ3v) is 6.91. The van der Waals surface area contributed by atoms with Crippen molar-refractivity contribution in [2.24, 2.45) is 0 Å². The fourth-order valence-electron chi connectivity index (χ4n) is 3.32. The topological polar surface area (TPSA) is 125 Å². The maximum absolute atomic E-state index is 12.8. The minimum atomic E-state index is -3.77. The first-order valence-corrected chi connectivity index (χ1v) is 11.8. The summed E-state index contributed by atoms with van der Waals surface area (Å²) in [6.07, 6.45) is 1.91. The molecule has 1 aliphatic heterocycles. The van der Waals surface area contributed by atoms with E-state index in [1.807, 2.05) is 4.90 Å². The van der Waals surface area contributed by atoms with Gasteiger partial charge in [0, 0.05) is 32.7 Å². The van der Waals surface area contributed by atoms with Crippen molar-refractivity contribution in [1.29, 1.82) is 0 Å². The highest BCUT2D eigenvalue weighted by atomic mass is 32.2. The summed E-state index contributed by atoms with van der Waals surface area (Å²) in [7, 11) is -0.972. The molecule has 0 spiro atoms. The first-order valence-electron chi connectivity index (χ1n) is 10.3. The Morgan fingerprint density at radius 1 is 1.00 bits per heavy atom. The number of nitrogens with one attached hydrogen (secondary N) is 2. The van der Waals surface area contributed by atoms with Crippen LogP contribution in [0.3, 0.4) is 0 Å². The van der Waals surface area contributed by atoms with Crippen molar-refractivity contribution >= 4 is 33.5 Å². The van der Waals surface area contributed by atoms with Gasteiger partial charge in [0.15, 0.2) is 6.61 Å². The number of amides is 2. The van der Waals surface area contributed by atoms with Crippen molar-refractivity contribution in [3.63, 3.8) is 0 Å². The fourth-order valence-corrected chi connectivity index (χ4v) is 4.25. The Balaban J connectivity index is 1.69. The molecule has 2 aromatic carbocycles. The molecule has 0 radical (unpaired) electrons. The molecule has 0 atom stereocenters. The monoisotopic (exact) mass is 474 g/mol. The Hall–Kier alpha value is -3.44. The Morgan fingerprint density at radius 3 is 2.30 bits per heavy atom. The molecule has 0 aromatic heterocycles. The normalized spacial score (nSPS) is 13.6. The van der Waals surface area contributed by atoms with Gasteiger partial charge in [-0.2, -0.15) is 0 Å². The number of sulfonamides is 1. The molecule has 0 unspecified atom stereocenters. The summed E-state index contributed by atoms with van der Waals surface area (Å²) in [5, 5.41) is 0. The zero-order valence-corrected chi connectivity index (χ0v) is 19.2. The molecule has 0 aliphatic carbocycles. The molecule has 1 heterocycles. The molecule has 1 fully saturated rings. The van der Waals surface area contributed by atoms with E-state index in [0.717, 1.165) is 30.2 Å². The number of carbonyl (C=O) groups excluding carboxylic acids is 3. The van der Waals surface area contributed by atoms with Gasteiger partial charge in [-0.1, -0.05) is 18.2 Å². The minimum Gasteiger partial charge on any atom is -0.452 e. The first kappa shape index (κ1) is 24.2. The van der Waals surface area contributed by atoms with Gasteiger partial charge in [0.2, 0.25) is 10.0 Å². The maximum Gasteiger partial charge on any atom is 0.340 e. The van der Waals surface area contributed by atoms with Crippen LogP contribution in [0, 0.1) is 0 Å². The largest absolute Gasteiger partial charge is 0.452 e. The molecule has 10 nitrogen and oxygen atoms in total. The van der Waals surface area contributed by atoms with Gasteiger partial charge in [0.25, 0.3) is 11.8 Å². The summed E-state index contributed by atoms with van der Waals surface area (Å²) in [4.78, 5) is 38.8. The number of nitrogens with zero attached hydrogens (tertiary/aromatic N) is 2. The molecule has 2 aromatic rings. The van der Waals surface area contributed by atoms with Crippen LogP contribution in [-0.4, -0.2) is 64.3 Å². The van der Waals surface area contributed by atoms with Crippen LogP contribution in [0.15, 0.2) is 53.4 Å². The molecule has 3 rings (SSSR count). The van der Waals surface area contributed by atoms with E-state index in [4.69, 9.17) is 4.74 Å². The lowest BCUT2D eigenvalue weighted by molar-refractivity contribution is -0.125. The van der Waals surface area contributed by atoms with E-state index >= 15 is 0 Å². The molecular weight excluding hydrogens is 448 g/mol. The number of hydrazine groups is 1. The SMILES string of the molecule is CN(C)S(=O)(=O)c1ccc(N2CCCC2)c(C(=O)OCC(=O)NNC(=O)c2ccccc2)c1. The highest BCUT2D eigenvalue weighted by Gasteiger charge is 2.25. The lowest BCUT2D eigenvalue weighted by Crippen LogP contribution is -2.43. The van der Waals surface area contributed by atoms with Crippen molar-refractivity contribution in [1.82, 2.24) is 15.2 Å². The number of benzene rings is 2. The zero-order chi connectivity index (χ0) is 24.0. The van der Waals surface area contributed by atoms with E-state index in [1.54, 1.807) is 36.4 Å². The average Bonchev–Trinajstić information content (AvgIpc) is 3.35. The lowest BCUT2D eigenvalue weighted by Gasteiger charge is -2.22. The molecule has 33 heavy (non-hydrogen) atoms. The van der Waals surface area contributed by atoms with Crippen molar-refractivity contribution < 1.29 is 27.5 Å². The third kappa shape index (κ3) is 5.88. The van der Waals surface area contributed by atoms with Gasteiger partial charge in [-0.15, -0.1) is 0 Å². The van der Waals surface area contributed by atoms with E-state index in [9.17, 15) is 22.8 Å². The molecule has 176 valence electrons. The van der Waals surface area contributed by atoms with E-state index in [1.165, 1.54) is 26.2 Å². The zero-order valence-electron chi connectivity index (χ0n) is 18.4. The second-order valence-electron chi connectivity index (χ2n) is 7.60. The Labute approximate surface area is 192 Å². The molecule has 2 N–H and O–H groups in total. The quantitative estimate of drug-likeness (QED) is 0.456. The number of anilines is 1. The van der Waals surface area contributed by atoms with Gasteiger partial charge < -0.3 is 9.64 Å². The number of hydrogen-bond acceptors (Lipinski definition) is 7. The molecular formula is C22H26N4O6S. The fraction of sp³-hybridized carbons (Fsp3) is 0.318. The summed E-state index contributed by atoms with van der Waals surface area (Å²) < 4.78 is 31.2. The number of ether oxygens (including phenoxy) is 1. The lowest BCUT2D eigenvalue weighted by atomic mass is 10.1. The number of esters is 1. The van der Waals surface area contributed by atoms with Gasteiger partial charge in [-0.05, 0) is 43.2 Å². The average molecular weight is 475 g/mol.